The van der Waals surface area contributed by atoms with Crippen molar-refractivity contribution in [3.8, 4) is 5.75 Å². The molecule has 1 aliphatic rings. The number of anilines is 1. The molecule has 0 aliphatic carbocycles. The van der Waals surface area contributed by atoms with Gasteiger partial charge in [-0.25, -0.2) is 4.79 Å². The Kier molecular flexibility index (Phi) is 7.74. The molecule has 8 nitrogen and oxygen atoms in total. The van der Waals surface area contributed by atoms with Crippen molar-refractivity contribution in [2.75, 3.05) is 11.9 Å². The lowest BCUT2D eigenvalue weighted by Crippen LogP contribution is -2.36. The van der Waals surface area contributed by atoms with Gasteiger partial charge < -0.3 is 15.2 Å². The molecule has 3 amide bonds. The van der Waals surface area contributed by atoms with Crippen molar-refractivity contribution in [2.45, 2.75) is 20.5 Å². The number of rotatable bonds is 8. The number of nitrogens with zero attached hydrogens (tertiary/aromatic N) is 1. The van der Waals surface area contributed by atoms with Gasteiger partial charge in [0.05, 0.1) is 10.5 Å². The number of carbonyl (C=O) groups excluding carboxylic acids is 3. The molecule has 37 heavy (non-hydrogen) atoms. The summed E-state index contributed by atoms with van der Waals surface area (Å²) in [5.74, 6) is -1.53. The van der Waals surface area contributed by atoms with Gasteiger partial charge in [-0.2, -0.15) is 0 Å². The maximum atomic E-state index is 12.9. The Morgan fingerprint density at radius 2 is 1.73 bits per heavy atom. The van der Waals surface area contributed by atoms with Gasteiger partial charge in [0.25, 0.3) is 11.1 Å². The maximum Gasteiger partial charge on any atom is 0.335 e. The molecule has 1 fully saturated rings. The molecule has 9 heteroatoms. The molecule has 4 rings (SSSR count). The van der Waals surface area contributed by atoms with E-state index in [4.69, 9.17) is 9.84 Å². The van der Waals surface area contributed by atoms with Gasteiger partial charge in [-0.3, -0.25) is 19.3 Å². The molecular weight excluding hydrogens is 492 g/mol. The number of aryl methyl sites for hydroxylation is 2. The standard InChI is InChI=1S/C28H24N2O6S/c1-17-7-12-22(13-18(17)2)29-25(31)15-30-26(32)24(37-28(30)35)14-21-5-3-4-6-23(21)36-16-19-8-10-20(11-9-19)27(33)34/h3-14H,15-16H2,1-2H3,(H,29,31)(H,33,34)/b24-14-. The quantitative estimate of drug-likeness (QED) is 0.393. The normalized spacial score (nSPS) is 14.2. The van der Waals surface area contributed by atoms with Gasteiger partial charge >= 0.3 is 5.97 Å². The summed E-state index contributed by atoms with van der Waals surface area (Å²) in [5.41, 5.74) is 4.26. The predicted octanol–water partition coefficient (Wildman–Crippen LogP) is 5.26. The number of carbonyl (C=O) groups is 4. The van der Waals surface area contributed by atoms with Crippen LogP contribution < -0.4 is 10.1 Å². The minimum Gasteiger partial charge on any atom is -0.488 e. The Hall–Kier alpha value is -4.37. The van der Waals surface area contributed by atoms with E-state index in [9.17, 15) is 19.2 Å². The van der Waals surface area contributed by atoms with E-state index in [0.29, 0.717) is 17.0 Å². The van der Waals surface area contributed by atoms with Crippen molar-refractivity contribution in [2.24, 2.45) is 0 Å². The molecule has 1 aliphatic heterocycles. The van der Waals surface area contributed by atoms with E-state index in [-0.39, 0.29) is 23.6 Å². The molecule has 188 valence electrons. The Labute approximate surface area is 217 Å². The molecule has 3 aromatic rings. The van der Waals surface area contributed by atoms with Crippen molar-refractivity contribution in [3.05, 3.63) is 99.5 Å². The van der Waals surface area contributed by atoms with Crippen LogP contribution in [0.3, 0.4) is 0 Å². The molecule has 0 bridgehead atoms. The fourth-order valence-electron chi connectivity index (χ4n) is 3.58. The van der Waals surface area contributed by atoms with E-state index >= 15 is 0 Å². The fourth-order valence-corrected chi connectivity index (χ4v) is 4.41. The summed E-state index contributed by atoms with van der Waals surface area (Å²) in [4.78, 5) is 50.1. The van der Waals surface area contributed by atoms with E-state index in [1.54, 1.807) is 48.5 Å². The van der Waals surface area contributed by atoms with Crippen LogP contribution in [-0.2, 0) is 16.2 Å². The van der Waals surface area contributed by atoms with Gasteiger partial charge in [0.15, 0.2) is 0 Å². The Morgan fingerprint density at radius 3 is 2.43 bits per heavy atom. The number of para-hydroxylation sites is 1. The van der Waals surface area contributed by atoms with Crippen LogP contribution in [0.5, 0.6) is 5.75 Å². The largest absolute Gasteiger partial charge is 0.488 e. The van der Waals surface area contributed by atoms with Crippen LogP contribution in [0, 0.1) is 13.8 Å². The summed E-state index contributed by atoms with van der Waals surface area (Å²) in [7, 11) is 0. The Morgan fingerprint density at radius 1 is 1.00 bits per heavy atom. The lowest BCUT2D eigenvalue weighted by Gasteiger charge is -2.13. The van der Waals surface area contributed by atoms with Crippen LogP contribution in [0.15, 0.2) is 71.6 Å². The summed E-state index contributed by atoms with van der Waals surface area (Å²) in [6.45, 7) is 3.70. The van der Waals surface area contributed by atoms with Crippen LogP contribution >= 0.6 is 11.8 Å². The first-order chi connectivity index (χ1) is 17.7. The zero-order valence-corrected chi connectivity index (χ0v) is 21.0. The first kappa shape index (κ1) is 25.7. The average molecular weight is 517 g/mol. The third kappa shape index (κ3) is 6.25. The molecule has 0 atom stereocenters. The maximum absolute atomic E-state index is 12.9. The zero-order chi connectivity index (χ0) is 26.5. The summed E-state index contributed by atoms with van der Waals surface area (Å²) in [6.07, 6.45) is 1.56. The second kappa shape index (κ2) is 11.1. The minimum atomic E-state index is -1.01. The Bertz CT molecular complexity index is 1410. The summed E-state index contributed by atoms with van der Waals surface area (Å²) in [5, 5.41) is 11.2. The number of hydrogen-bond donors (Lipinski definition) is 2. The smallest absolute Gasteiger partial charge is 0.335 e. The molecule has 2 N–H and O–H groups in total. The van der Waals surface area contributed by atoms with Crippen LogP contribution in [0.1, 0.15) is 32.6 Å². The van der Waals surface area contributed by atoms with Crippen molar-refractivity contribution < 1.29 is 29.0 Å². The van der Waals surface area contributed by atoms with Crippen molar-refractivity contribution in [3.63, 3.8) is 0 Å². The van der Waals surface area contributed by atoms with Gasteiger partial charge in [-0.15, -0.1) is 0 Å². The highest BCUT2D eigenvalue weighted by molar-refractivity contribution is 8.18. The second-order valence-electron chi connectivity index (χ2n) is 8.44. The second-order valence-corrected chi connectivity index (χ2v) is 9.44. The van der Waals surface area contributed by atoms with Crippen LogP contribution in [0.2, 0.25) is 0 Å². The summed E-state index contributed by atoms with van der Waals surface area (Å²) in [6, 6.07) is 18.9. The monoisotopic (exact) mass is 516 g/mol. The van der Waals surface area contributed by atoms with E-state index in [1.807, 2.05) is 26.0 Å². The third-order valence-electron chi connectivity index (χ3n) is 5.77. The molecule has 0 saturated carbocycles. The zero-order valence-electron chi connectivity index (χ0n) is 20.2. The van der Waals surface area contributed by atoms with Gasteiger partial charge in [0.2, 0.25) is 5.91 Å². The number of thioether (sulfide) groups is 1. The van der Waals surface area contributed by atoms with Gasteiger partial charge in [-0.1, -0.05) is 36.4 Å². The number of nitrogens with one attached hydrogen (secondary N) is 1. The molecule has 1 saturated heterocycles. The van der Waals surface area contributed by atoms with Gasteiger partial charge in [0.1, 0.15) is 18.9 Å². The van der Waals surface area contributed by atoms with Crippen LogP contribution in [0.4, 0.5) is 10.5 Å². The number of ether oxygens (including phenoxy) is 1. The highest BCUT2D eigenvalue weighted by atomic mass is 32.2. The van der Waals surface area contributed by atoms with E-state index in [1.165, 1.54) is 12.1 Å². The number of imide groups is 1. The van der Waals surface area contributed by atoms with Crippen LogP contribution in [0.25, 0.3) is 6.08 Å². The Balaban J connectivity index is 1.43. The average Bonchev–Trinajstić information content (AvgIpc) is 3.13. The van der Waals surface area contributed by atoms with Crippen molar-refractivity contribution in [1.29, 1.82) is 0 Å². The molecule has 0 unspecified atom stereocenters. The highest BCUT2D eigenvalue weighted by Gasteiger charge is 2.36. The SMILES string of the molecule is Cc1ccc(NC(=O)CN2C(=O)S/C(=C\c3ccccc3OCc3ccc(C(=O)O)cc3)C2=O)cc1C. The number of carboxylic acids is 1. The number of aromatic carboxylic acids is 1. The minimum absolute atomic E-state index is 0.183. The third-order valence-corrected chi connectivity index (χ3v) is 6.67. The molecule has 0 radical (unpaired) electrons. The van der Waals surface area contributed by atoms with E-state index < -0.39 is 23.0 Å². The lowest BCUT2D eigenvalue weighted by molar-refractivity contribution is -0.127. The molecule has 0 spiro atoms. The molecular formula is C28H24N2O6S. The highest BCUT2D eigenvalue weighted by Crippen LogP contribution is 2.34. The summed E-state index contributed by atoms with van der Waals surface area (Å²) < 4.78 is 5.90. The van der Waals surface area contributed by atoms with Crippen LogP contribution in [-0.4, -0.2) is 39.6 Å². The number of benzene rings is 3. The topological polar surface area (TPSA) is 113 Å². The first-order valence-electron chi connectivity index (χ1n) is 11.4. The fraction of sp³-hybridized carbons (Fsp3) is 0.143. The van der Waals surface area contributed by atoms with Gasteiger partial charge in [0, 0.05) is 11.3 Å². The van der Waals surface area contributed by atoms with Crippen molar-refractivity contribution in [1.82, 2.24) is 4.90 Å². The molecule has 3 aromatic carbocycles. The van der Waals surface area contributed by atoms with E-state index in [2.05, 4.69) is 5.32 Å². The number of hydrogen-bond acceptors (Lipinski definition) is 6. The predicted molar refractivity (Wildman–Crippen MR) is 141 cm³/mol. The molecule has 0 aromatic heterocycles. The number of amides is 3. The molecule has 1 heterocycles. The van der Waals surface area contributed by atoms with Crippen molar-refractivity contribution >= 4 is 46.5 Å². The summed E-state index contributed by atoms with van der Waals surface area (Å²) >= 11 is 0.764. The lowest BCUT2D eigenvalue weighted by atomic mass is 10.1. The first-order valence-corrected chi connectivity index (χ1v) is 12.2. The number of carboxylic acid groups (broad SMARTS) is 1. The van der Waals surface area contributed by atoms with Gasteiger partial charge in [-0.05, 0) is 78.7 Å². The van der Waals surface area contributed by atoms with E-state index in [0.717, 1.165) is 33.4 Å².